The summed E-state index contributed by atoms with van der Waals surface area (Å²) in [5.74, 6) is -0.340. The van der Waals surface area contributed by atoms with Crippen molar-refractivity contribution in [3.05, 3.63) is 59.9 Å². The van der Waals surface area contributed by atoms with Gasteiger partial charge in [0.15, 0.2) is 0 Å². The van der Waals surface area contributed by atoms with Crippen molar-refractivity contribution in [1.29, 1.82) is 0 Å². The van der Waals surface area contributed by atoms with E-state index < -0.39 is 0 Å². The summed E-state index contributed by atoms with van der Waals surface area (Å²) in [7, 11) is 1.57. The maximum atomic E-state index is 12.0. The highest BCUT2D eigenvalue weighted by Crippen LogP contribution is 2.10. The second-order valence-electron chi connectivity index (χ2n) is 5.57. The first-order chi connectivity index (χ1) is 11.6. The van der Waals surface area contributed by atoms with Crippen LogP contribution in [-0.2, 0) is 22.6 Å². The number of likely N-dealkylation sites (N-methyl/N-ethyl adjacent to an activating group) is 1. The van der Waals surface area contributed by atoms with E-state index in [1.165, 1.54) is 16.4 Å². The molecule has 1 aromatic heterocycles. The van der Waals surface area contributed by atoms with E-state index in [2.05, 4.69) is 27.9 Å². The van der Waals surface area contributed by atoms with E-state index in [0.29, 0.717) is 5.69 Å². The highest BCUT2D eigenvalue weighted by atomic mass is 16.2. The fraction of sp³-hybridized carbons (Fsp3) is 0.278. The fourth-order valence-electron chi connectivity index (χ4n) is 2.20. The summed E-state index contributed by atoms with van der Waals surface area (Å²) in [4.78, 5) is 23.3. The number of benzene rings is 1. The van der Waals surface area contributed by atoms with E-state index in [9.17, 15) is 9.59 Å². The van der Waals surface area contributed by atoms with Crippen molar-refractivity contribution in [3.8, 4) is 0 Å². The number of amides is 2. The zero-order chi connectivity index (χ0) is 17.4. The molecule has 0 saturated carbocycles. The van der Waals surface area contributed by atoms with Crippen LogP contribution in [0.5, 0.6) is 0 Å². The average Bonchev–Trinajstić information content (AvgIpc) is 3.00. The molecule has 24 heavy (non-hydrogen) atoms. The van der Waals surface area contributed by atoms with Crippen LogP contribution in [0.2, 0.25) is 0 Å². The number of hydrogen-bond donors (Lipinski definition) is 2. The lowest BCUT2D eigenvalue weighted by Crippen LogP contribution is -2.23. The number of carbonyl (C=O) groups excluding carboxylic acids is 2. The number of rotatable bonds is 7. The molecule has 2 aromatic rings. The summed E-state index contributed by atoms with van der Waals surface area (Å²) in [6, 6.07) is 10.2. The smallest absolute Gasteiger partial charge is 0.248 e. The van der Waals surface area contributed by atoms with Gasteiger partial charge in [-0.3, -0.25) is 14.3 Å². The molecule has 1 aromatic carbocycles. The van der Waals surface area contributed by atoms with Gasteiger partial charge in [0.25, 0.3) is 0 Å². The largest absolute Gasteiger partial charge is 0.358 e. The van der Waals surface area contributed by atoms with E-state index >= 15 is 0 Å². The number of nitrogens with one attached hydrogen (secondary N) is 2. The molecule has 0 radical (unpaired) electrons. The highest BCUT2D eigenvalue weighted by Gasteiger charge is 2.05. The first-order valence-electron chi connectivity index (χ1n) is 7.82. The second-order valence-corrected chi connectivity index (χ2v) is 5.57. The lowest BCUT2D eigenvalue weighted by molar-refractivity contribution is -0.121. The number of aromatic nitrogens is 2. The Balaban J connectivity index is 1.84. The van der Waals surface area contributed by atoms with Crippen molar-refractivity contribution in [2.24, 2.45) is 0 Å². The van der Waals surface area contributed by atoms with Gasteiger partial charge in [-0.25, -0.2) is 0 Å². The Hall–Kier alpha value is -2.89. The minimum atomic E-state index is -0.194. The maximum Gasteiger partial charge on any atom is 0.248 e. The summed E-state index contributed by atoms with van der Waals surface area (Å²) in [6.45, 7) is 2.07. The molecular formula is C18H22N4O2. The zero-order valence-electron chi connectivity index (χ0n) is 14.0. The van der Waals surface area contributed by atoms with Crippen LogP contribution in [0.3, 0.4) is 0 Å². The van der Waals surface area contributed by atoms with E-state index in [4.69, 9.17) is 0 Å². The van der Waals surface area contributed by atoms with Crippen molar-refractivity contribution in [1.82, 2.24) is 15.1 Å². The fourth-order valence-corrected chi connectivity index (χ4v) is 2.20. The van der Waals surface area contributed by atoms with Crippen LogP contribution in [0.15, 0.2) is 54.4 Å². The van der Waals surface area contributed by atoms with Crippen molar-refractivity contribution < 1.29 is 9.59 Å². The number of anilines is 1. The predicted molar refractivity (Wildman–Crippen MR) is 93.4 cm³/mol. The molecule has 2 amide bonds. The Bertz CT molecular complexity index is 720. The van der Waals surface area contributed by atoms with Gasteiger partial charge in [-0.2, -0.15) is 5.10 Å². The lowest BCUT2D eigenvalue weighted by Gasteiger charge is -2.03. The molecule has 0 bridgehead atoms. The third-order valence-corrected chi connectivity index (χ3v) is 3.51. The predicted octanol–water partition coefficient (Wildman–Crippen LogP) is 2.15. The normalized spacial score (nSPS) is 11.2. The number of carbonyl (C=O) groups is 2. The molecule has 0 fully saturated rings. The van der Waals surface area contributed by atoms with Gasteiger partial charge in [-0.05, 0) is 25.3 Å². The number of allylic oxidation sites excluding steroid dienone is 1. The van der Waals surface area contributed by atoms with Crippen LogP contribution in [0, 0.1) is 0 Å². The molecule has 0 saturated heterocycles. The van der Waals surface area contributed by atoms with Gasteiger partial charge in [0.1, 0.15) is 6.54 Å². The number of hydrogen-bond acceptors (Lipinski definition) is 3. The summed E-state index contributed by atoms with van der Waals surface area (Å²) in [5, 5.41) is 9.31. The molecular weight excluding hydrogens is 304 g/mol. The summed E-state index contributed by atoms with van der Waals surface area (Å²) in [5.41, 5.74) is 2.83. The number of nitrogens with zero attached hydrogens (tertiary/aromatic N) is 2. The Morgan fingerprint density at radius 2 is 2.00 bits per heavy atom. The molecule has 6 nitrogen and oxygen atoms in total. The van der Waals surface area contributed by atoms with E-state index in [1.807, 2.05) is 25.1 Å². The summed E-state index contributed by atoms with van der Waals surface area (Å²) >= 11 is 0. The van der Waals surface area contributed by atoms with Crippen molar-refractivity contribution in [2.75, 3.05) is 12.4 Å². The van der Waals surface area contributed by atoms with Crippen LogP contribution in [0.4, 0.5) is 5.69 Å². The molecule has 1 heterocycles. The minimum Gasteiger partial charge on any atom is -0.358 e. The van der Waals surface area contributed by atoms with Crippen molar-refractivity contribution in [3.63, 3.8) is 0 Å². The molecule has 0 atom stereocenters. The molecule has 0 unspecified atom stereocenters. The monoisotopic (exact) mass is 326 g/mol. The van der Waals surface area contributed by atoms with Crippen LogP contribution >= 0.6 is 0 Å². The van der Waals surface area contributed by atoms with E-state index in [-0.39, 0.29) is 18.4 Å². The maximum absolute atomic E-state index is 12.0. The molecule has 2 N–H and O–H groups in total. The van der Waals surface area contributed by atoms with Gasteiger partial charge in [0, 0.05) is 19.3 Å². The SMILES string of the molecule is CNC(=O)Cn1cc(NC(=O)/C=C(/C)CCc2ccccc2)cn1. The van der Waals surface area contributed by atoms with Crippen LogP contribution in [0.1, 0.15) is 18.9 Å². The van der Waals surface area contributed by atoms with Gasteiger partial charge < -0.3 is 10.6 Å². The van der Waals surface area contributed by atoms with Gasteiger partial charge >= 0.3 is 0 Å². The van der Waals surface area contributed by atoms with Crippen LogP contribution < -0.4 is 10.6 Å². The minimum absolute atomic E-state index is 0.123. The number of aryl methyl sites for hydroxylation is 1. The van der Waals surface area contributed by atoms with Crippen molar-refractivity contribution in [2.45, 2.75) is 26.3 Å². The molecule has 2 rings (SSSR count). The Morgan fingerprint density at radius 1 is 1.25 bits per heavy atom. The molecule has 0 aliphatic heterocycles. The van der Waals surface area contributed by atoms with Crippen LogP contribution in [-0.4, -0.2) is 28.6 Å². The second kappa shape index (κ2) is 8.67. The third kappa shape index (κ3) is 5.72. The van der Waals surface area contributed by atoms with E-state index in [0.717, 1.165) is 18.4 Å². The average molecular weight is 326 g/mol. The molecule has 6 heteroatoms. The molecule has 0 aliphatic carbocycles. The first-order valence-corrected chi connectivity index (χ1v) is 7.82. The lowest BCUT2D eigenvalue weighted by atomic mass is 10.1. The highest BCUT2D eigenvalue weighted by molar-refractivity contribution is 5.99. The van der Waals surface area contributed by atoms with Gasteiger partial charge in [0.2, 0.25) is 11.8 Å². The first kappa shape index (κ1) is 17.5. The van der Waals surface area contributed by atoms with E-state index in [1.54, 1.807) is 19.3 Å². The Kier molecular flexibility index (Phi) is 6.31. The molecule has 0 aliphatic rings. The van der Waals surface area contributed by atoms with Crippen molar-refractivity contribution >= 4 is 17.5 Å². The molecule has 0 spiro atoms. The third-order valence-electron chi connectivity index (χ3n) is 3.51. The van der Waals surface area contributed by atoms with Gasteiger partial charge in [0.05, 0.1) is 11.9 Å². The standard InChI is InChI=1S/C18H22N4O2/c1-14(8-9-15-6-4-3-5-7-15)10-17(23)21-16-11-20-22(12-16)13-18(24)19-2/h3-7,10-12H,8-9,13H2,1-2H3,(H,19,24)(H,21,23)/b14-10-. The molecule has 126 valence electrons. The quantitative estimate of drug-likeness (QED) is 0.766. The zero-order valence-corrected chi connectivity index (χ0v) is 14.0. The van der Waals surface area contributed by atoms with Gasteiger partial charge in [-0.1, -0.05) is 35.9 Å². The Labute approximate surface area is 141 Å². The Morgan fingerprint density at radius 3 is 2.71 bits per heavy atom. The van der Waals surface area contributed by atoms with Gasteiger partial charge in [-0.15, -0.1) is 0 Å². The van der Waals surface area contributed by atoms with Crippen LogP contribution in [0.25, 0.3) is 0 Å². The topological polar surface area (TPSA) is 76.0 Å². The summed E-state index contributed by atoms with van der Waals surface area (Å²) in [6.07, 6.45) is 6.47. The summed E-state index contributed by atoms with van der Waals surface area (Å²) < 4.78 is 1.47.